The standard InChI is InChI=1S/C11H14NO2/c1-3-14-11(13)9-12(2)10-7-5-4-6-8-10/h5-8H,3,9H2,1-2H3. The van der Waals surface area contributed by atoms with Crippen molar-refractivity contribution in [3.8, 4) is 0 Å². The molecule has 0 fully saturated rings. The second-order valence-electron chi connectivity index (χ2n) is 2.92. The summed E-state index contributed by atoms with van der Waals surface area (Å²) >= 11 is 0. The lowest BCUT2D eigenvalue weighted by Gasteiger charge is -2.17. The van der Waals surface area contributed by atoms with E-state index >= 15 is 0 Å². The van der Waals surface area contributed by atoms with Crippen molar-refractivity contribution in [1.29, 1.82) is 0 Å². The van der Waals surface area contributed by atoms with Crippen LogP contribution in [0.3, 0.4) is 0 Å². The number of ether oxygens (including phenoxy) is 1. The van der Waals surface area contributed by atoms with Crippen LogP contribution in [0.4, 0.5) is 5.69 Å². The Labute approximate surface area is 84.3 Å². The molecule has 0 bridgehead atoms. The van der Waals surface area contributed by atoms with Crippen LogP contribution in [0.1, 0.15) is 6.92 Å². The molecule has 0 unspecified atom stereocenters. The molecule has 0 amide bonds. The molecule has 0 saturated heterocycles. The van der Waals surface area contributed by atoms with E-state index in [1.165, 1.54) is 0 Å². The van der Waals surface area contributed by atoms with Gasteiger partial charge in [0, 0.05) is 12.7 Å². The minimum Gasteiger partial charge on any atom is -0.465 e. The zero-order valence-electron chi connectivity index (χ0n) is 8.49. The summed E-state index contributed by atoms with van der Waals surface area (Å²) in [6.45, 7) is 2.50. The molecule has 0 atom stereocenters. The average Bonchev–Trinajstić information content (AvgIpc) is 2.19. The molecule has 1 radical (unpaired) electrons. The summed E-state index contributed by atoms with van der Waals surface area (Å²) in [5.74, 6) is -0.206. The largest absolute Gasteiger partial charge is 0.465 e. The smallest absolute Gasteiger partial charge is 0.325 e. The molecule has 0 aliphatic carbocycles. The number of anilines is 1. The lowest BCUT2D eigenvalue weighted by Crippen LogP contribution is -2.26. The lowest BCUT2D eigenvalue weighted by atomic mass is 10.3. The molecule has 3 heteroatoms. The van der Waals surface area contributed by atoms with Crippen LogP contribution in [0.2, 0.25) is 0 Å². The van der Waals surface area contributed by atoms with Crippen LogP contribution in [0.15, 0.2) is 24.3 Å². The quantitative estimate of drug-likeness (QED) is 0.677. The van der Waals surface area contributed by atoms with Crippen LogP contribution in [-0.4, -0.2) is 26.2 Å². The number of nitrogens with zero attached hydrogens (tertiary/aromatic N) is 1. The Kier molecular flexibility index (Phi) is 3.98. The summed E-state index contributed by atoms with van der Waals surface area (Å²) in [4.78, 5) is 13.0. The van der Waals surface area contributed by atoms with E-state index in [1.807, 2.05) is 36.2 Å². The Morgan fingerprint density at radius 3 is 2.71 bits per heavy atom. The fourth-order valence-corrected chi connectivity index (χ4v) is 1.12. The molecular weight excluding hydrogens is 178 g/mol. The Balaban J connectivity index is 2.50. The van der Waals surface area contributed by atoms with Gasteiger partial charge >= 0.3 is 5.97 Å². The Bertz CT molecular complexity index is 285. The first kappa shape index (κ1) is 10.6. The molecule has 0 aliphatic heterocycles. The first-order valence-electron chi connectivity index (χ1n) is 4.57. The van der Waals surface area contributed by atoms with E-state index in [-0.39, 0.29) is 12.5 Å². The minimum absolute atomic E-state index is 0.206. The highest BCUT2D eigenvalue weighted by atomic mass is 16.5. The Hall–Kier alpha value is -1.51. The first-order valence-corrected chi connectivity index (χ1v) is 4.57. The van der Waals surface area contributed by atoms with Gasteiger partial charge < -0.3 is 9.64 Å². The molecule has 1 rings (SSSR count). The van der Waals surface area contributed by atoms with Crippen LogP contribution in [0.5, 0.6) is 0 Å². The van der Waals surface area contributed by atoms with Gasteiger partial charge in [0.05, 0.1) is 6.61 Å². The van der Waals surface area contributed by atoms with Gasteiger partial charge in [-0.2, -0.15) is 0 Å². The summed E-state index contributed by atoms with van der Waals surface area (Å²) in [6.07, 6.45) is 0. The van der Waals surface area contributed by atoms with Crippen molar-refractivity contribution in [3.63, 3.8) is 0 Å². The third-order valence-corrected chi connectivity index (χ3v) is 1.81. The van der Waals surface area contributed by atoms with E-state index in [2.05, 4.69) is 6.07 Å². The van der Waals surface area contributed by atoms with Crippen molar-refractivity contribution in [2.75, 3.05) is 25.1 Å². The van der Waals surface area contributed by atoms with Crippen molar-refractivity contribution >= 4 is 11.7 Å². The van der Waals surface area contributed by atoms with Crippen LogP contribution in [0.25, 0.3) is 0 Å². The summed E-state index contributed by atoms with van der Waals surface area (Å²) < 4.78 is 4.85. The zero-order valence-corrected chi connectivity index (χ0v) is 8.49. The van der Waals surface area contributed by atoms with E-state index in [0.717, 1.165) is 5.69 Å². The van der Waals surface area contributed by atoms with Gasteiger partial charge in [0.25, 0.3) is 0 Å². The second-order valence-corrected chi connectivity index (χ2v) is 2.92. The third kappa shape index (κ3) is 3.09. The highest BCUT2D eigenvalue weighted by Gasteiger charge is 2.06. The molecule has 3 nitrogen and oxygen atoms in total. The summed E-state index contributed by atoms with van der Waals surface area (Å²) in [7, 11) is 1.85. The number of esters is 1. The second kappa shape index (κ2) is 5.27. The van der Waals surface area contributed by atoms with E-state index in [4.69, 9.17) is 4.74 Å². The lowest BCUT2D eigenvalue weighted by molar-refractivity contribution is -0.141. The van der Waals surface area contributed by atoms with Crippen molar-refractivity contribution in [2.45, 2.75) is 6.92 Å². The third-order valence-electron chi connectivity index (χ3n) is 1.81. The maximum Gasteiger partial charge on any atom is 0.325 e. The molecular formula is C11H14NO2. The minimum atomic E-state index is -0.206. The molecule has 14 heavy (non-hydrogen) atoms. The molecule has 75 valence electrons. The van der Waals surface area contributed by atoms with Crippen LogP contribution in [-0.2, 0) is 9.53 Å². The van der Waals surface area contributed by atoms with E-state index in [9.17, 15) is 4.79 Å². The van der Waals surface area contributed by atoms with Gasteiger partial charge in [-0.3, -0.25) is 4.79 Å². The molecule has 0 saturated carbocycles. The number of hydrogen-bond donors (Lipinski definition) is 0. The molecule has 0 aliphatic rings. The Morgan fingerprint density at radius 1 is 1.50 bits per heavy atom. The fourth-order valence-electron chi connectivity index (χ4n) is 1.12. The van der Waals surface area contributed by atoms with Crippen LogP contribution >= 0.6 is 0 Å². The maximum absolute atomic E-state index is 11.2. The van der Waals surface area contributed by atoms with E-state index < -0.39 is 0 Å². The number of likely N-dealkylation sites (N-methyl/N-ethyl adjacent to an activating group) is 1. The highest BCUT2D eigenvalue weighted by molar-refractivity contribution is 5.75. The maximum atomic E-state index is 11.2. The SMILES string of the molecule is CCOC(=O)CN(C)c1cc[c]cc1. The molecule has 0 spiro atoms. The summed E-state index contributed by atoms with van der Waals surface area (Å²) in [6, 6.07) is 10.4. The van der Waals surface area contributed by atoms with Crippen molar-refractivity contribution in [2.24, 2.45) is 0 Å². The molecule has 0 aromatic heterocycles. The summed E-state index contributed by atoms with van der Waals surface area (Å²) in [5, 5.41) is 0. The van der Waals surface area contributed by atoms with E-state index in [0.29, 0.717) is 6.61 Å². The number of carbonyl (C=O) groups is 1. The Morgan fingerprint density at radius 2 is 2.14 bits per heavy atom. The normalized spacial score (nSPS) is 9.57. The number of carbonyl (C=O) groups excluding carboxylic acids is 1. The van der Waals surface area contributed by atoms with E-state index in [1.54, 1.807) is 6.92 Å². The van der Waals surface area contributed by atoms with Gasteiger partial charge in [0.15, 0.2) is 0 Å². The van der Waals surface area contributed by atoms with Gasteiger partial charge in [-0.25, -0.2) is 0 Å². The van der Waals surface area contributed by atoms with Gasteiger partial charge in [0.1, 0.15) is 6.54 Å². The fraction of sp³-hybridized carbons (Fsp3) is 0.364. The zero-order chi connectivity index (χ0) is 10.4. The molecule has 0 N–H and O–H groups in total. The average molecular weight is 192 g/mol. The number of benzene rings is 1. The number of hydrogen-bond acceptors (Lipinski definition) is 3. The van der Waals surface area contributed by atoms with Gasteiger partial charge in [0.2, 0.25) is 0 Å². The van der Waals surface area contributed by atoms with Crippen LogP contribution in [0, 0.1) is 6.07 Å². The van der Waals surface area contributed by atoms with Gasteiger partial charge in [-0.05, 0) is 25.1 Å². The summed E-state index contributed by atoms with van der Waals surface area (Å²) in [5.41, 5.74) is 0.983. The van der Waals surface area contributed by atoms with Crippen molar-refractivity contribution in [1.82, 2.24) is 0 Å². The predicted molar refractivity (Wildman–Crippen MR) is 55.2 cm³/mol. The highest BCUT2D eigenvalue weighted by Crippen LogP contribution is 2.09. The molecule has 0 heterocycles. The van der Waals surface area contributed by atoms with Crippen molar-refractivity contribution in [3.05, 3.63) is 30.3 Å². The van der Waals surface area contributed by atoms with Crippen molar-refractivity contribution < 1.29 is 9.53 Å². The predicted octanol–water partition coefficient (Wildman–Crippen LogP) is 1.49. The number of rotatable bonds is 4. The topological polar surface area (TPSA) is 29.5 Å². The van der Waals surface area contributed by atoms with Gasteiger partial charge in [-0.1, -0.05) is 12.1 Å². The van der Waals surface area contributed by atoms with Crippen LogP contribution < -0.4 is 4.90 Å². The molecule has 1 aromatic carbocycles. The monoisotopic (exact) mass is 192 g/mol. The van der Waals surface area contributed by atoms with Gasteiger partial charge in [-0.15, -0.1) is 0 Å². The molecule has 1 aromatic rings. The first-order chi connectivity index (χ1) is 6.74.